The number of benzene rings is 1. The largest absolute Gasteiger partial charge is 0.305 e. The fourth-order valence-corrected chi connectivity index (χ4v) is 2.48. The number of halogens is 4. The Kier molecular flexibility index (Phi) is 8.63. The summed E-state index contributed by atoms with van der Waals surface area (Å²) in [5.41, 5.74) is 4.84. The van der Waals surface area contributed by atoms with E-state index in [-0.39, 0.29) is 10.3 Å². The molecular weight excluding hydrogens is 378 g/mol. The van der Waals surface area contributed by atoms with Gasteiger partial charge in [-0.1, -0.05) is 66.3 Å². The van der Waals surface area contributed by atoms with Crippen LogP contribution in [0, 0.1) is 0 Å². The molecule has 0 saturated heterocycles. The number of rotatable bonds is 4. The summed E-state index contributed by atoms with van der Waals surface area (Å²) in [6, 6.07) is 5.28. The molecule has 0 aliphatic rings. The van der Waals surface area contributed by atoms with E-state index in [0.29, 0.717) is 28.0 Å². The molecule has 0 unspecified atom stereocenters. The summed E-state index contributed by atoms with van der Waals surface area (Å²) < 4.78 is 0. The number of hydrazone groups is 1. The number of nitrogens with zero attached hydrogens (tertiary/aromatic N) is 3. The standard InChI is InChI=1S/C13H10Cl4N4.C2H6/c1-7(12-13(17)20-11(16)6-18-12)21-19-5-8-2-3-9(14)4-10(8)15;1-2/h2-4,6,19H,5H2,1H3;1-2H3/b21-7+;. The second-order valence-corrected chi connectivity index (χ2v) is 5.69. The zero-order valence-corrected chi connectivity index (χ0v) is 15.9. The van der Waals surface area contributed by atoms with E-state index in [1.165, 1.54) is 6.20 Å². The molecule has 0 aliphatic carbocycles. The smallest absolute Gasteiger partial charge is 0.158 e. The van der Waals surface area contributed by atoms with Crippen molar-refractivity contribution in [3.8, 4) is 0 Å². The molecule has 0 fully saturated rings. The molecule has 1 heterocycles. The first-order valence-electron chi connectivity index (χ1n) is 6.87. The minimum Gasteiger partial charge on any atom is -0.305 e. The Hall–Kier alpha value is -1.07. The van der Waals surface area contributed by atoms with Crippen LogP contribution in [-0.4, -0.2) is 15.7 Å². The summed E-state index contributed by atoms with van der Waals surface area (Å²) >= 11 is 23.6. The molecule has 0 aliphatic heterocycles. The Labute approximate surface area is 155 Å². The lowest BCUT2D eigenvalue weighted by atomic mass is 10.2. The third-order valence-corrected chi connectivity index (χ3v) is 3.61. The van der Waals surface area contributed by atoms with Crippen LogP contribution >= 0.6 is 46.4 Å². The molecule has 2 rings (SSSR count). The van der Waals surface area contributed by atoms with Gasteiger partial charge in [-0.2, -0.15) is 5.10 Å². The first-order valence-corrected chi connectivity index (χ1v) is 8.38. The van der Waals surface area contributed by atoms with Gasteiger partial charge in [-0.25, -0.2) is 9.97 Å². The van der Waals surface area contributed by atoms with Crippen LogP contribution in [0.25, 0.3) is 0 Å². The van der Waals surface area contributed by atoms with Crippen molar-refractivity contribution in [1.29, 1.82) is 0 Å². The highest BCUT2D eigenvalue weighted by molar-refractivity contribution is 6.35. The van der Waals surface area contributed by atoms with Crippen molar-refractivity contribution >= 4 is 52.1 Å². The summed E-state index contributed by atoms with van der Waals surface area (Å²) in [5, 5.41) is 5.79. The van der Waals surface area contributed by atoms with Gasteiger partial charge in [0, 0.05) is 10.0 Å². The number of hydrogen-bond acceptors (Lipinski definition) is 4. The molecule has 23 heavy (non-hydrogen) atoms. The molecule has 1 N–H and O–H groups in total. The Bertz CT molecular complexity index is 689. The third kappa shape index (κ3) is 6.15. The van der Waals surface area contributed by atoms with Gasteiger partial charge in [-0.15, -0.1) is 0 Å². The summed E-state index contributed by atoms with van der Waals surface area (Å²) in [7, 11) is 0. The van der Waals surface area contributed by atoms with Gasteiger partial charge in [0.15, 0.2) is 5.15 Å². The molecule has 2 aromatic rings. The van der Waals surface area contributed by atoms with E-state index in [0.717, 1.165) is 5.56 Å². The summed E-state index contributed by atoms with van der Waals surface area (Å²) in [6.07, 6.45) is 1.41. The SMILES string of the molecule is C/C(=N\NCc1ccc(Cl)cc1Cl)c1ncc(Cl)nc1Cl.CC. The van der Waals surface area contributed by atoms with Crippen LogP contribution in [0.15, 0.2) is 29.5 Å². The molecule has 8 heteroatoms. The van der Waals surface area contributed by atoms with E-state index < -0.39 is 0 Å². The van der Waals surface area contributed by atoms with Crippen LogP contribution in [0.5, 0.6) is 0 Å². The molecule has 124 valence electrons. The van der Waals surface area contributed by atoms with Gasteiger partial charge in [-0.05, 0) is 24.6 Å². The number of aromatic nitrogens is 2. The molecule has 0 saturated carbocycles. The molecule has 0 atom stereocenters. The Morgan fingerprint density at radius 2 is 1.87 bits per heavy atom. The quantitative estimate of drug-likeness (QED) is 0.540. The second kappa shape index (κ2) is 9.93. The van der Waals surface area contributed by atoms with Crippen molar-refractivity contribution in [3.05, 3.63) is 56.0 Å². The van der Waals surface area contributed by atoms with Gasteiger partial charge in [-0.3, -0.25) is 0 Å². The molecule has 0 radical (unpaired) electrons. The average Bonchev–Trinajstić information content (AvgIpc) is 2.51. The maximum absolute atomic E-state index is 6.07. The highest BCUT2D eigenvalue weighted by Gasteiger charge is 2.08. The fourth-order valence-electron chi connectivity index (χ4n) is 1.55. The number of nitrogens with one attached hydrogen (secondary N) is 1. The Morgan fingerprint density at radius 3 is 2.48 bits per heavy atom. The van der Waals surface area contributed by atoms with Crippen LogP contribution in [0.3, 0.4) is 0 Å². The summed E-state index contributed by atoms with van der Waals surface area (Å²) in [6.45, 7) is 6.21. The Morgan fingerprint density at radius 1 is 1.17 bits per heavy atom. The minimum absolute atomic E-state index is 0.204. The zero-order valence-electron chi connectivity index (χ0n) is 12.9. The van der Waals surface area contributed by atoms with E-state index in [9.17, 15) is 0 Å². The maximum Gasteiger partial charge on any atom is 0.158 e. The van der Waals surface area contributed by atoms with Gasteiger partial charge in [0.1, 0.15) is 10.8 Å². The van der Waals surface area contributed by atoms with E-state index in [4.69, 9.17) is 46.4 Å². The normalized spacial score (nSPS) is 10.8. The van der Waals surface area contributed by atoms with E-state index in [1.807, 2.05) is 19.9 Å². The van der Waals surface area contributed by atoms with Gasteiger partial charge in [0.25, 0.3) is 0 Å². The van der Waals surface area contributed by atoms with E-state index in [1.54, 1.807) is 19.1 Å². The van der Waals surface area contributed by atoms with Gasteiger partial charge >= 0.3 is 0 Å². The monoisotopic (exact) mass is 392 g/mol. The first-order chi connectivity index (χ1) is 11.0. The lowest BCUT2D eigenvalue weighted by molar-refractivity contribution is 0.743. The molecule has 1 aromatic heterocycles. The molecule has 0 amide bonds. The highest BCUT2D eigenvalue weighted by atomic mass is 35.5. The molecule has 1 aromatic carbocycles. The van der Waals surface area contributed by atoms with Crippen molar-refractivity contribution in [1.82, 2.24) is 15.4 Å². The van der Waals surface area contributed by atoms with Crippen LogP contribution < -0.4 is 5.43 Å². The van der Waals surface area contributed by atoms with Gasteiger partial charge < -0.3 is 5.43 Å². The lowest BCUT2D eigenvalue weighted by Crippen LogP contribution is -2.11. The van der Waals surface area contributed by atoms with Crippen molar-refractivity contribution in [2.75, 3.05) is 0 Å². The topological polar surface area (TPSA) is 50.2 Å². The molecular formula is C15H16Cl4N4. The lowest BCUT2D eigenvalue weighted by Gasteiger charge is -2.06. The van der Waals surface area contributed by atoms with Gasteiger partial charge in [0.2, 0.25) is 0 Å². The van der Waals surface area contributed by atoms with Gasteiger partial charge in [0.05, 0.1) is 18.5 Å². The zero-order chi connectivity index (χ0) is 17.4. The highest BCUT2D eigenvalue weighted by Crippen LogP contribution is 2.20. The third-order valence-electron chi connectivity index (χ3n) is 2.57. The molecule has 0 spiro atoms. The van der Waals surface area contributed by atoms with Crippen molar-refractivity contribution in [2.45, 2.75) is 27.3 Å². The molecule has 0 bridgehead atoms. The minimum atomic E-state index is 0.204. The predicted octanol–water partition coefficient (Wildman–Crippen LogP) is 5.63. The van der Waals surface area contributed by atoms with Crippen LogP contribution in [0.4, 0.5) is 0 Å². The van der Waals surface area contributed by atoms with E-state index >= 15 is 0 Å². The van der Waals surface area contributed by atoms with E-state index in [2.05, 4.69) is 20.5 Å². The number of hydrogen-bond donors (Lipinski definition) is 1. The van der Waals surface area contributed by atoms with Crippen LogP contribution in [0.2, 0.25) is 20.4 Å². The summed E-state index contributed by atoms with van der Waals surface area (Å²) in [5.74, 6) is 0. The first kappa shape index (κ1) is 20.0. The average molecular weight is 394 g/mol. The Balaban J connectivity index is 0.00000127. The summed E-state index contributed by atoms with van der Waals surface area (Å²) in [4.78, 5) is 8.00. The van der Waals surface area contributed by atoms with Crippen molar-refractivity contribution < 1.29 is 0 Å². The van der Waals surface area contributed by atoms with Crippen LogP contribution in [0.1, 0.15) is 32.0 Å². The second-order valence-electron chi connectivity index (χ2n) is 4.10. The molecule has 4 nitrogen and oxygen atoms in total. The van der Waals surface area contributed by atoms with Crippen molar-refractivity contribution in [2.24, 2.45) is 5.10 Å². The van der Waals surface area contributed by atoms with Crippen molar-refractivity contribution in [3.63, 3.8) is 0 Å². The predicted molar refractivity (Wildman–Crippen MR) is 98.9 cm³/mol. The fraction of sp³-hybridized carbons (Fsp3) is 0.267. The van der Waals surface area contributed by atoms with Crippen LogP contribution in [-0.2, 0) is 6.54 Å². The maximum atomic E-state index is 6.07.